The lowest BCUT2D eigenvalue weighted by molar-refractivity contribution is -0.109. The third-order valence-electron chi connectivity index (χ3n) is 5.55. The summed E-state index contributed by atoms with van der Waals surface area (Å²) in [5.41, 5.74) is 6.48. The van der Waals surface area contributed by atoms with E-state index in [0.717, 1.165) is 53.7 Å². The number of para-hydroxylation sites is 1. The van der Waals surface area contributed by atoms with Gasteiger partial charge in [0.25, 0.3) is 0 Å². The normalized spacial score (nSPS) is 18.7. The molecule has 2 unspecified atom stereocenters. The highest BCUT2D eigenvalue weighted by atomic mass is 16.1. The molecule has 2 N–H and O–H groups in total. The second kappa shape index (κ2) is 8.01. The molecule has 4 rings (SSSR count). The van der Waals surface area contributed by atoms with Crippen molar-refractivity contribution < 1.29 is 4.79 Å². The van der Waals surface area contributed by atoms with Gasteiger partial charge in [-0.3, -0.25) is 4.98 Å². The van der Waals surface area contributed by atoms with Crippen LogP contribution in [-0.4, -0.2) is 16.3 Å². The van der Waals surface area contributed by atoms with E-state index in [1.807, 2.05) is 30.3 Å². The van der Waals surface area contributed by atoms with Crippen molar-refractivity contribution in [3.63, 3.8) is 0 Å². The Morgan fingerprint density at radius 2 is 1.93 bits per heavy atom. The molecule has 144 valence electrons. The highest BCUT2D eigenvalue weighted by Gasteiger charge is 2.33. The molecule has 3 aromatic rings. The molecule has 0 fully saturated rings. The molecule has 1 aliphatic rings. The Balaban J connectivity index is 1.81. The molecule has 0 aliphatic heterocycles. The minimum Gasteiger partial charge on any atom is -0.356 e. The first-order chi connectivity index (χ1) is 13.7. The molecule has 0 radical (unpaired) electrons. The first-order valence-electron chi connectivity index (χ1n) is 10.1. The molecule has 1 aromatic carbocycles. The zero-order chi connectivity index (χ0) is 19.5. The van der Waals surface area contributed by atoms with E-state index in [9.17, 15) is 4.79 Å². The summed E-state index contributed by atoms with van der Waals surface area (Å²) in [6.07, 6.45) is 7.80. The van der Waals surface area contributed by atoms with Crippen molar-refractivity contribution in [3.8, 4) is 11.3 Å². The van der Waals surface area contributed by atoms with E-state index >= 15 is 0 Å². The molecule has 4 nitrogen and oxygen atoms in total. The second-order valence-electron chi connectivity index (χ2n) is 8.17. The highest BCUT2D eigenvalue weighted by molar-refractivity contribution is 5.86. The minimum absolute atomic E-state index is 0.0782. The van der Waals surface area contributed by atoms with Crippen molar-refractivity contribution in [2.75, 3.05) is 5.32 Å². The molecule has 1 aliphatic carbocycles. The van der Waals surface area contributed by atoms with Crippen LogP contribution < -0.4 is 5.32 Å². The summed E-state index contributed by atoms with van der Waals surface area (Å²) in [5, 5.41) is 3.59. The summed E-state index contributed by atoms with van der Waals surface area (Å²) >= 11 is 0. The maximum Gasteiger partial charge on any atom is 0.127 e. The Kier molecular flexibility index (Phi) is 5.29. The SMILES string of the molecule is CC(C)CC1Cc2[nH]c(-c3ccncc3)c(Nc3ccccc3)c2C(C=O)C1. The molecule has 28 heavy (non-hydrogen) atoms. The fourth-order valence-corrected chi connectivity index (χ4v) is 4.49. The Bertz CT molecular complexity index is 931. The number of hydrogen-bond donors (Lipinski definition) is 2. The number of aromatic nitrogens is 2. The Morgan fingerprint density at radius 1 is 1.18 bits per heavy atom. The van der Waals surface area contributed by atoms with Gasteiger partial charge < -0.3 is 15.1 Å². The van der Waals surface area contributed by atoms with E-state index < -0.39 is 0 Å². The molecule has 4 heteroatoms. The molecule has 0 saturated heterocycles. The van der Waals surface area contributed by atoms with E-state index in [2.05, 4.69) is 41.3 Å². The van der Waals surface area contributed by atoms with E-state index in [1.165, 1.54) is 5.69 Å². The van der Waals surface area contributed by atoms with Gasteiger partial charge >= 0.3 is 0 Å². The molecule has 0 bridgehead atoms. The standard InChI is InChI=1S/C24H27N3O/c1-16(2)12-17-13-19(15-28)22-21(14-17)27-23(18-8-10-25-11-9-18)24(22)26-20-6-4-3-5-7-20/h3-11,15-17,19,26-27H,12-14H2,1-2H3. The summed E-state index contributed by atoms with van der Waals surface area (Å²) in [5.74, 6) is 1.09. The van der Waals surface area contributed by atoms with Crippen LogP contribution in [0.25, 0.3) is 11.3 Å². The zero-order valence-corrected chi connectivity index (χ0v) is 16.5. The predicted molar refractivity (Wildman–Crippen MR) is 114 cm³/mol. The lowest BCUT2D eigenvalue weighted by Gasteiger charge is -2.28. The van der Waals surface area contributed by atoms with E-state index in [0.29, 0.717) is 11.8 Å². The number of rotatable bonds is 6. The number of carbonyl (C=O) groups is 1. The minimum atomic E-state index is -0.0782. The molecule has 2 aromatic heterocycles. The van der Waals surface area contributed by atoms with E-state index in [-0.39, 0.29) is 5.92 Å². The third-order valence-corrected chi connectivity index (χ3v) is 5.55. The van der Waals surface area contributed by atoms with Crippen molar-refractivity contribution in [1.29, 1.82) is 0 Å². The molecular formula is C24H27N3O. The van der Waals surface area contributed by atoms with Crippen LogP contribution in [0.5, 0.6) is 0 Å². The van der Waals surface area contributed by atoms with Gasteiger partial charge in [0.05, 0.1) is 11.4 Å². The summed E-state index contributed by atoms with van der Waals surface area (Å²) in [6, 6.07) is 14.2. The van der Waals surface area contributed by atoms with Gasteiger partial charge in [0.2, 0.25) is 0 Å². The lowest BCUT2D eigenvalue weighted by atomic mass is 9.77. The van der Waals surface area contributed by atoms with Gasteiger partial charge in [-0.25, -0.2) is 0 Å². The van der Waals surface area contributed by atoms with Crippen LogP contribution in [0.4, 0.5) is 11.4 Å². The van der Waals surface area contributed by atoms with Gasteiger partial charge in [0.15, 0.2) is 0 Å². The van der Waals surface area contributed by atoms with Crippen molar-refractivity contribution in [2.24, 2.45) is 11.8 Å². The Hall–Kier alpha value is -2.88. The van der Waals surface area contributed by atoms with Gasteiger partial charge in [-0.1, -0.05) is 32.0 Å². The zero-order valence-electron chi connectivity index (χ0n) is 16.5. The largest absolute Gasteiger partial charge is 0.356 e. The average Bonchev–Trinajstić information content (AvgIpc) is 3.06. The molecule has 2 atom stereocenters. The number of carbonyl (C=O) groups excluding carboxylic acids is 1. The number of aldehydes is 1. The van der Waals surface area contributed by atoms with Crippen molar-refractivity contribution in [2.45, 2.75) is 39.0 Å². The lowest BCUT2D eigenvalue weighted by Crippen LogP contribution is -2.21. The van der Waals surface area contributed by atoms with Crippen LogP contribution in [0.3, 0.4) is 0 Å². The third kappa shape index (κ3) is 3.72. The van der Waals surface area contributed by atoms with E-state index in [4.69, 9.17) is 0 Å². The molecule has 0 spiro atoms. The first-order valence-corrected chi connectivity index (χ1v) is 10.1. The predicted octanol–water partition coefficient (Wildman–Crippen LogP) is 5.71. The van der Waals surface area contributed by atoms with Crippen molar-refractivity contribution in [3.05, 3.63) is 66.1 Å². The number of nitrogens with zero attached hydrogens (tertiary/aromatic N) is 1. The number of aromatic amines is 1. The highest BCUT2D eigenvalue weighted by Crippen LogP contribution is 2.45. The summed E-state index contributed by atoms with van der Waals surface area (Å²) < 4.78 is 0. The number of hydrogen-bond acceptors (Lipinski definition) is 3. The second-order valence-corrected chi connectivity index (χ2v) is 8.17. The quantitative estimate of drug-likeness (QED) is 0.544. The van der Waals surface area contributed by atoms with Crippen molar-refractivity contribution >= 4 is 17.7 Å². The van der Waals surface area contributed by atoms with Gasteiger partial charge in [-0.2, -0.15) is 0 Å². The van der Waals surface area contributed by atoms with Crippen molar-refractivity contribution in [1.82, 2.24) is 9.97 Å². The summed E-state index contributed by atoms with van der Waals surface area (Å²) in [6.45, 7) is 4.51. The average molecular weight is 374 g/mol. The van der Waals surface area contributed by atoms with Crippen LogP contribution in [0.15, 0.2) is 54.9 Å². The summed E-state index contributed by atoms with van der Waals surface area (Å²) in [4.78, 5) is 19.9. The fraction of sp³-hybridized carbons (Fsp3) is 0.333. The summed E-state index contributed by atoms with van der Waals surface area (Å²) in [7, 11) is 0. The number of anilines is 2. The molecule has 0 amide bonds. The van der Waals surface area contributed by atoms with Crippen LogP contribution >= 0.6 is 0 Å². The number of H-pyrrole nitrogens is 1. The number of fused-ring (bicyclic) bond motifs is 1. The molecular weight excluding hydrogens is 346 g/mol. The smallest absolute Gasteiger partial charge is 0.127 e. The molecule has 2 heterocycles. The van der Waals surface area contributed by atoms with Gasteiger partial charge in [0.1, 0.15) is 6.29 Å². The number of nitrogens with one attached hydrogen (secondary N) is 2. The van der Waals surface area contributed by atoms with E-state index in [1.54, 1.807) is 12.4 Å². The van der Waals surface area contributed by atoms with Gasteiger partial charge in [0, 0.05) is 40.8 Å². The molecule has 0 saturated carbocycles. The first kappa shape index (κ1) is 18.5. The van der Waals surface area contributed by atoms with Crippen LogP contribution in [0, 0.1) is 11.8 Å². The topological polar surface area (TPSA) is 57.8 Å². The Morgan fingerprint density at radius 3 is 2.61 bits per heavy atom. The number of benzene rings is 1. The number of pyridine rings is 1. The van der Waals surface area contributed by atoms with Crippen LogP contribution in [0.2, 0.25) is 0 Å². The van der Waals surface area contributed by atoms with Crippen LogP contribution in [-0.2, 0) is 11.2 Å². The van der Waals surface area contributed by atoms with Crippen LogP contribution in [0.1, 0.15) is 43.9 Å². The Labute approximate surface area is 166 Å². The maximum absolute atomic E-state index is 12.1. The van der Waals surface area contributed by atoms with Gasteiger partial charge in [-0.05, 0) is 55.4 Å². The van der Waals surface area contributed by atoms with Gasteiger partial charge in [-0.15, -0.1) is 0 Å². The maximum atomic E-state index is 12.1. The monoisotopic (exact) mass is 373 g/mol. The fourth-order valence-electron chi connectivity index (χ4n) is 4.49.